The summed E-state index contributed by atoms with van der Waals surface area (Å²) in [4.78, 5) is 15.5. The summed E-state index contributed by atoms with van der Waals surface area (Å²) in [6, 6.07) is 67.4. The van der Waals surface area contributed by atoms with Crippen molar-refractivity contribution in [2.75, 3.05) is 0 Å². The third-order valence-corrected chi connectivity index (χ3v) is 12.9. The fourth-order valence-corrected chi connectivity index (χ4v) is 9.82. The first-order valence-corrected chi connectivity index (χ1v) is 21.6. The molecule has 0 aliphatic rings. The number of benzene rings is 8. The van der Waals surface area contributed by atoms with Gasteiger partial charge in [-0.3, -0.25) is 4.57 Å². The molecule has 3 heterocycles. The van der Waals surface area contributed by atoms with Crippen molar-refractivity contribution in [1.29, 1.82) is 0 Å². The second-order valence-electron chi connectivity index (χ2n) is 15.5. The lowest BCUT2D eigenvalue weighted by Gasteiger charge is -2.12. The lowest BCUT2D eigenvalue weighted by molar-refractivity contribution is 0.795. The molecule has 60 heavy (non-hydrogen) atoms. The van der Waals surface area contributed by atoms with Crippen LogP contribution < -0.4 is 0 Å². The van der Waals surface area contributed by atoms with Gasteiger partial charge in [-0.2, -0.15) is 9.97 Å². The van der Waals surface area contributed by atoms with Crippen molar-refractivity contribution < 1.29 is 0 Å². The third kappa shape index (κ3) is 6.44. The fourth-order valence-electron chi connectivity index (χ4n) is 8.60. The fraction of sp³-hybridized carbons (Fsp3) is 0.0727. The minimum Gasteiger partial charge on any atom is -0.278 e. The summed E-state index contributed by atoms with van der Waals surface area (Å²) in [7, 11) is 0. The molecule has 0 saturated heterocycles. The Morgan fingerprint density at radius 2 is 1.02 bits per heavy atom. The van der Waals surface area contributed by atoms with E-state index in [1.165, 1.54) is 72.0 Å². The van der Waals surface area contributed by atoms with E-state index in [0.29, 0.717) is 17.6 Å². The van der Waals surface area contributed by atoms with Gasteiger partial charge < -0.3 is 0 Å². The van der Waals surface area contributed by atoms with E-state index in [1.54, 1.807) is 0 Å². The highest BCUT2D eigenvalue weighted by Gasteiger charge is 2.19. The van der Waals surface area contributed by atoms with E-state index in [9.17, 15) is 0 Å². The van der Waals surface area contributed by atoms with E-state index in [1.807, 2.05) is 29.5 Å². The van der Waals surface area contributed by atoms with Gasteiger partial charge in [-0.15, -0.1) is 11.3 Å². The second-order valence-corrected chi connectivity index (χ2v) is 16.5. The smallest absolute Gasteiger partial charge is 0.238 e. The Morgan fingerprint density at radius 1 is 0.433 bits per heavy atom. The molecule has 286 valence electrons. The number of hydrogen-bond donors (Lipinski definition) is 0. The van der Waals surface area contributed by atoms with Crippen LogP contribution in [-0.2, 0) is 6.42 Å². The molecular weight excluding hydrogens is 749 g/mol. The van der Waals surface area contributed by atoms with Crippen molar-refractivity contribution >= 4 is 53.3 Å². The molecule has 0 aliphatic heterocycles. The first-order chi connectivity index (χ1) is 29.7. The van der Waals surface area contributed by atoms with E-state index >= 15 is 0 Å². The average Bonchev–Trinajstić information content (AvgIpc) is 3.87. The monoisotopic (exact) mass is 788 g/mol. The number of para-hydroxylation sites is 1. The predicted molar refractivity (Wildman–Crippen MR) is 253 cm³/mol. The number of unbranched alkanes of at least 4 members (excludes halogenated alkanes) is 1. The maximum absolute atomic E-state index is 5.24. The van der Waals surface area contributed by atoms with Crippen molar-refractivity contribution in [3.8, 4) is 62.1 Å². The molecule has 8 aromatic carbocycles. The molecule has 11 aromatic rings. The predicted octanol–water partition coefficient (Wildman–Crippen LogP) is 15.0. The van der Waals surface area contributed by atoms with Crippen LogP contribution in [0.25, 0.3) is 104 Å². The molecule has 0 bridgehead atoms. The summed E-state index contributed by atoms with van der Waals surface area (Å²) in [5.74, 6) is 1.86. The molecule has 0 amide bonds. The maximum Gasteiger partial charge on any atom is 0.238 e. The zero-order valence-electron chi connectivity index (χ0n) is 33.2. The Morgan fingerprint density at radius 3 is 1.82 bits per heavy atom. The molecule has 4 nitrogen and oxygen atoms in total. The van der Waals surface area contributed by atoms with Crippen LogP contribution in [0.4, 0.5) is 0 Å². The van der Waals surface area contributed by atoms with Crippen LogP contribution in [0.3, 0.4) is 0 Å². The zero-order chi connectivity index (χ0) is 40.0. The van der Waals surface area contributed by atoms with Gasteiger partial charge in [0.1, 0.15) is 0 Å². The largest absolute Gasteiger partial charge is 0.278 e. The van der Waals surface area contributed by atoms with Gasteiger partial charge in [0, 0.05) is 42.1 Å². The molecule has 0 saturated carbocycles. The van der Waals surface area contributed by atoms with Crippen molar-refractivity contribution in [2.45, 2.75) is 26.2 Å². The number of aromatic nitrogens is 4. The zero-order valence-corrected chi connectivity index (χ0v) is 34.0. The minimum absolute atomic E-state index is 0.589. The van der Waals surface area contributed by atoms with Crippen molar-refractivity contribution in [2.24, 2.45) is 0 Å². The number of thiophene rings is 1. The van der Waals surface area contributed by atoms with Crippen LogP contribution in [0.5, 0.6) is 0 Å². The second kappa shape index (κ2) is 15.2. The number of hydrogen-bond acceptors (Lipinski definition) is 4. The molecule has 0 aliphatic carbocycles. The van der Waals surface area contributed by atoms with Crippen LogP contribution in [-0.4, -0.2) is 19.5 Å². The SMILES string of the molecule is CCCCc1cccc(-c2ccc(-c3nc(-c4ccccc4)nc(-n4c5ccccc5c5cc(-c6cccc7c6sc6ccc(-c8ccccc8)cc67)ccc54)n3)cc2)c1. The summed E-state index contributed by atoms with van der Waals surface area (Å²) in [5, 5.41) is 4.88. The number of aryl methyl sites for hydroxylation is 1. The Balaban J connectivity index is 1.03. The number of fused-ring (bicyclic) bond motifs is 6. The van der Waals surface area contributed by atoms with Crippen LogP contribution >= 0.6 is 11.3 Å². The Kier molecular flexibility index (Phi) is 9.09. The average molecular weight is 789 g/mol. The van der Waals surface area contributed by atoms with Crippen LogP contribution in [0.2, 0.25) is 0 Å². The highest BCUT2D eigenvalue weighted by Crippen LogP contribution is 2.43. The summed E-state index contributed by atoms with van der Waals surface area (Å²) in [5.41, 5.74) is 12.6. The summed E-state index contributed by atoms with van der Waals surface area (Å²) < 4.78 is 4.79. The Bertz CT molecular complexity index is 3350. The first-order valence-electron chi connectivity index (χ1n) is 20.7. The van der Waals surface area contributed by atoms with Crippen LogP contribution in [0.1, 0.15) is 25.3 Å². The normalized spacial score (nSPS) is 11.6. The van der Waals surface area contributed by atoms with Crippen LogP contribution in [0.15, 0.2) is 188 Å². The molecule has 5 heteroatoms. The number of nitrogens with zero attached hydrogens (tertiary/aromatic N) is 4. The summed E-state index contributed by atoms with van der Waals surface area (Å²) in [6.07, 6.45) is 3.48. The van der Waals surface area contributed by atoms with Gasteiger partial charge in [0.15, 0.2) is 11.6 Å². The van der Waals surface area contributed by atoms with E-state index in [-0.39, 0.29) is 0 Å². The molecule has 0 radical (unpaired) electrons. The molecular formula is C55H40N4S. The van der Waals surface area contributed by atoms with Crippen molar-refractivity contribution in [3.63, 3.8) is 0 Å². The van der Waals surface area contributed by atoms with Gasteiger partial charge in [-0.05, 0) is 82.1 Å². The van der Waals surface area contributed by atoms with Crippen molar-refractivity contribution in [1.82, 2.24) is 19.5 Å². The standard InChI is InChI=1S/C55H40N4S/c1-2-3-14-36-15-12-20-41(33-36)38-25-27-40(28-26-38)54-56-53(39-18-8-5-9-19-39)57-55(58-54)59-49-24-11-10-21-45(49)47-35-43(29-31-50(47)59)44-22-13-23-46-48-34-42(37-16-6-4-7-17-37)30-32-51(48)60-52(44)46/h4-13,15-35H,2-3,14H2,1H3. The highest BCUT2D eigenvalue weighted by molar-refractivity contribution is 7.26. The highest BCUT2D eigenvalue weighted by atomic mass is 32.1. The summed E-state index contributed by atoms with van der Waals surface area (Å²) >= 11 is 1.87. The van der Waals surface area contributed by atoms with E-state index < -0.39 is 0 Å². The quantitative estimate of drug-likeness (QED) is 0.146. The van der Waals surface area contributed by atoms with E-state index in [4.69, 9.17) is 15.0 Å². The summed E-state index contributed by atoms with van der Waals surface area (Å²) in [6.45, 7) is 2.24. The first kappa shape index (κ1) is 35.9. The van der Waals surface area contributed by atoms with E-state index in [2.05, 4.69) is 181 Å². The number of rotatable bonds is 9. The Hall–Kier alpha value is -7.21. The maximum atomic E-state index is 5.24. The molecule has 3 aromatic heterocycles. The molecule has 0 fully saturated rings. The molecule has 11 rings (SSSR count). The molecule has 0 N–H and O–H groups in total. The van der Waals surface area contributed by atoms with Gasteiger partial charge in [0.05, 0.1) is 11.0 Å². The van der Waals surface area contributed by atoms with Crippen molar-refractivity contribution in [3.05, 3.63) is 194 Å². The van der Waals surface area contributed by atoms with E-state index in [0.717, 1.165) is 39.4 Å². The van der Waals surface area contributed by atoms with Gasteiger partial charge >= 0.3 is 0 Å². The van der Waals surface area contributed by atoms with Gasteiger partial charge in [-0.1, -0.05) is 171 Å². The third-order valence-electron chi connectivity index (χ3n) is 11.7. The van der Waals surface area contributed by atoms with Gasteiger partial charge in [0.2, 0.25) is 5.95 Å². The molecule has 0 spiro atoms. The topological polar surface area (TPSA) is 43.6 Å². The van der Waals surface area contributed by atoms with Crippen LogP contribution in [0, 0.1) is 0 Å². The van der Waals surface area contributed by atoms with Gasteiger partial charge in [0.25, 0.3) is 0 Å². The molecule has 0 atom stereocenters. The Labute approximate surface area is 353 Å². The van der Waals surface area contributed by atoms with Gasteiger partial charge in [-0.25, -0.2) is 4.98 Å². The lowest BCUT2D eigenvalue weighted by Crippen LogP contribution is -2.06. The lowest BCUT2D eigenvalue weighted by atomic mass is 9.99. The molecule has 0 unspecified atom stereocenters. The minimum atomic E-state index is 0.589.